The predicted molar refractivity (Wildman–Crippen MR) is 59.6 cm³/mol. The van der Waals surface area contributed by atoms with Crippen molar-refractivity contribution >= 4 is 11.4 Å². The molecule has 0 bridgehead atoms. The third kappa shape index (κ3) is 2.06. The highest BCUT2D eigenvalue weighted by molar-refractivity contribution is 5.60. The molecule has 82 valence electrons. The Hall–Kier alpha value is -1.26. The molecule has 0 saturated carbocycles. The lowest BCUT2D eigenvalue weighted by Crippen LogP contribution is -2.22. The molecule has 1 fully saturated rings. The first-order chi connectivity index (χ1) is 7.20. The van der Waals surface area contributed by atoms with Crippen molar-refractivity contribution in [2.24, 2.45) is 0 Å². The van der Waals surface area contributed by atoms with Crippen LogP contribution in [0.15, 0.2) is 18.2 Å². The Kier molecular flexibility index (Phi) is 2.79. The number of rotatable bonds is 2. The van der Waals surface area contributed by atoms with Gasteiger partial charge in [0.25, 0.3) is 0 Å². The predicted octanol–water partition coefficient (Wildman–Crippen LogP) is 0.332. The Labute approximate surface area is 88.9 Å². The fraction of sp³-hybridized carbons (Fsp3) is 0.455. The highest BCUT2D eigenvalue weighted by atomic mass is 16.3. The number of nitrogens with two attached hydrogens (primary N) is 1. The summed E-state index contributed by atoms with van der Waals surface area (Å²) in [6.07, 6.45) is 0.531. The molecule has 0 unspecified atom stereocenters. The lowest BCUT2D eigenvalue weighted by atomic mass is 10.1. The molecule has 0 aliphatic carbocycles. The summed E-state index contributed by atoms with van der Waals surface area (Å²) in [4.78, 5) is 2.08. The van der Waals surface area contributed by atoms with Crippen molar-refractivity contribution in [2.75, 3.05) is 23.7 Å². The van der Waals surface area contributed by atoms with Gasteiger partial charge in [0, 0.05) is 30.0 Å². The van der Waals surface area contributed by atoms with Crippen LogP contribution in [0.25, 0.3) is 0 Å². The number of aliphatic hydroxyl groups is 2. The zero-order valence-electron chi connectivity index (χ0n) is 8.56. The molecule has 1 saturated heterocycles. The summed E-state index contributed by atoms with van der Waals surface area (Å²) in [6, 6.07) is 5.50. The van der Waals surface area contributed by atoms with E-state index in [1.54, 1.807) is 6.07 Å². The summed E-state index contributed by atoms with van der Waals surface area (Å²) in [5.74, 6) is 0. The number of benzene rings is 1. The summed E-state index contributed by atoms with van der Waals surface area (Å²) in [7, 11) is 0. The molecule has 1 aliphatic heterocycles. The summed E-state index contributed by atoms with van der Waals surface area (Å²) >= 11 is 0. The van der Waals surface area contributed by atoms with Crippen LogP contribution in [0.5, 0.6) is 0 Å². The topological polar surface area (TPSA) is 69.7 Å². The van der Waals surface area contributed by atoms with Crippen molar-refractivity contribution in [1.82, 2.24) is 0 Å². The molecule has 4 N–H and O–H groups in total. The Morgan fingerprint density at radius 2 is 2.27 bits per heavy atom. The van der Waals surface area contributed by atoms with Crippen molar-refractivity contribution < 1.29 is 10.2 Å². The van der Waals surface area contributed by atoms with E-state index in [1.165, 1.54) is 0 Å². The van der Waals surface area contributed by atoms with E-state index in [1.807, 2.05) is 12.1 Å². The van der Waals surface area contributed by atoms with E-state index in [9.17, 15) is 10.2 Å². The first-order valence-electron chi connectivity index (χ1n) is 5.13. The van der Waals surface area contributed by atoms with Gasteiger partial charge in [-0.15, -0.1) is 0 Å². The number of nitrogen functional groups attached to an aromatic ring is 1. The molecule has 1 aromatic rings. The zero-order chi connectivity index (χ0) is 10.8. The number of hydrogen-bond acceptors (Lipinski definition) is 4. The Morgan fingerprint density at radius 1 is 1.47 bits per heavy atom. The third-order valence-corrected chi connectivity index (χ3v) is 2.78. The van der Waals surface area contributed by atoms with E-state index < -0.39 is 0 Å². The Morgan fingerprint density at radius 3 is 2.87 bits per heavy atom. The summed E-state index contributed by atoms with van der Waals surface area (Å²) in [6.45, 7) is 1.45. The van der Waals surface area contributed by atoms with E-state index in [0.717, 1.165) is 24.2 Å². The van der Waals surface area contributed by atoms with Crippen LogP contribution in [0.4, 0.5) is 11.4 Å². The lowest BCUT2D eigenvalue weighted by Gasteiger charge is -2.21. The second-order valence-electron chi connectivity index (χ2n) is 3.93. The molecule has 0 radical (unpaired) electrons. The van der Waals surface area contributed by atoms with E-state index in [-0.39, 0.29) is 12.7 Å². The maximum Gasteiger partial charge on any atom is 0.0731 e. The van der Waals surface area contributed by atoms with Crippen molar-refractivity contribution in [3.05, 3.63) is 23.8 Å². The first kappa shape index (κ1) is 10.3. The van der Waals surface area contributed by atoms with E-state index in [4.69, 9.17) is 5.73 Å². The van der Waals surface area contributed by atoms with Gasteiger partial charge in [0.05, 0.1) is 12.7 Å². The van der Waals surface area contributed by atoms with Crippen LogP contribution >= 0.6 is 0 Å². The third-order valence-electron chi connectivity index (χ3n) is 2.78. The maximum atomic E-state index is 9.45. The second kappa shape index (κ2) is 4.08. The van der Waals surface area contributed by atoms with E-state index in [2.05, 4.69) is 4.90 Å². The van der Waals surface area contributed by atoms with E-state index >= 15 is 0 Å². The molecule has 2 rings (SSSR count). The van der Waals surface area contributed by atoms with Gasteiger partial charge in [-0.1, -0.05) is 0 Å². The standard InChI is InChI=1S/C11H16N2O2/c12-9-1-2-11(8(5-9)7-14)13-4-3-10(15)6-13/h1-2,5,10,14-15H,3-4,6-7,12H2/t10-/m1/s1. The Balaban J connectivity index is 2.27. The monoisotopic (exact) mass is 208 g/mol. The molecule has 0 amide bonds. The van der Waals surface area contributed by atoms with Crippen LogP contribution in [0.2, 0.25) is 0 Å². The molecule has 1 aliphatic rings. The van der Waals surface area contributed by atoms with Crippen molar-refractivity contribution in [3.63, 3.8) is 0 Å². The minimum absolute atomic E-state index is 0.0209. The van der Waals surface area contributed by atoms with Crippen LogP contribution in [0.3, 0.4) is 0 Å². The highest BCUT2D eigenvalue weighted by Crippen LogP contribution is 2.26. The fourth-order valence-electron chi connectivity index (χ4n) is 2.00. The lowest BCUT2D eigenvalue weighted by molar-refractivity contribution is 0.198. The second-order valence-corrected chi connectivity index (χ2v) is 3.93. The van der Waals surface area contributed by atoms with Crippen LogP contribution in [0.1, 0.15) is 12.0 Å². The minimum atomic E-state index is -0.255. The van der Waals surface area contributed by atoms with Crippen molar-refractivity contribution in [3.8, 4) is 0 Å². The summed E-state index contributed by atoms with van der Waals surface area (Å²) in [5.41, 5.74) is 8.10. The van der Waals surface area contributed by atoms with Crippen molar-refractivity contribution in [1.29, 1.82) is 0 Å². The maximum absolute atomic E-state index is 9.45. The highest BCUT2D eigenvalue weighted by Gasteiger charge is 2.21. The largest absolute Gasteiger partial charge is 0.399 e. The smallest absolute Gasteiger partial charge is 0.0731 e. The van der Waals surface area contributed by atoms with Crippen LogP contribution < -0.4 is 10.6 Å². The molecule has 1 atom stereocenters. The van der Waals surface area contributed by atoms with Crippen LogP contribution in [-0.4, -0.2) is 29.4 Å². The van der Waals surface area contributed by atoms with Gasteiger partial charge in [-0.05, 0) is 24.6 Å². The molecular weight excluding hydrogens is 192 g/mol. The fourth-order valence-corrected chi connectivity index (χ4v) is 2.00. The molecule has 0 aromatic heterocycles. The summed E-state index contributed by atoms with van der Waals surface area (Å²) in [5, 5.41) is 18.7. The molecule has 15 heavy (non-hydrogen) atoms. The van der Waals surface area contributed by atoms with Gasteiger partial charge >= 0.3 is 0 Å². The number of anilines is 2. The van der Waals surface area contributed by atoms with Crippen LogP contribution in [-0.2, 0) is 6.61 Å². The molecule has 4 heteroatoms. The molecule has 0 spiro atoms. The van der Waals surface area contributed by atoms with Gasteiger partial charge < -0.3 is 20.8 Å². The van der Waals surface area contributed by atoms with Gasteiger partial charge in [-0.2, -0.15) is 0 Å². The van der Waals surface area contributed by atoms with Gasteiger partial charge in [0.15, 0.2) is 0 Å². The Bertz CT molecular complexity index is 354. The van der Waals surface area contributed by atoms with Gasteiger partial charge in [0.2, 0.25) is 0 Å². The van der Waals surface area contributed by atoms with Crippen LogP contribution in [0, 0.1) is 0 Å². The zero-order valence-corrected chi connectivity index (χ0v) is 8.56. The minimum Gasteiger partial charge on any atom is -0.399 e. The normalized spacial score (nSPS) is 20.9. The number of nitrogens with zero attached hydrogens (tertiary/aromatic N) is 1. The van der Waals surface area contributed by atoms with Gasteiger partial charge in [0.1, 0.15) is 0 Å². The number of aliphatic hydroxyl groups excluding tert-OH is 2. The molecular formula is C11H16N2O2. The number of hydrogen-bond donors (Lipinski definition) is 3. The molecule has 1 heterocycles. The molecule has 4 nitrogen and oxygen atoms in total. The van der Waals surface area contributed by atoms with E-state index in [0.29, 0.717) is 12.2 Å². The summed E-state index contributed by atoms with van der Waals surface area (Å²) < 4.78 is 0. The number of β-amino-alcohol motifs (C(OH)–C–C–N with tert-alkyl or cyclic N) is 1. The van der Waals surface area contributed by atoms with Gasteiger partial charge in [-0.25, -0.2) is 0 Å². The SMILES string of the molecule is Nc1ccc(N2CC[C@@H](O)C2)c(CO)c1. The van der Waals surface area contributed by atoms with Crippen molar-refractivity contribution in [2.45, 2.75) is 19.1 Å². The molecule has 1 aromatic carbocycles. The quantitative estimate of drug-likeness (QED) is 0.613. The van der Waals surface area contributed by atoms with Gasteiger partial charge in [-0.3, -0.25) is 0 Å². The average molecular weight is 208 g/mol. The first-order valence-corrected chi connectivity index (χ1v) is 5.13. The average Bonchev–Trinajstić information content (AvgIpc) is 2.64.